The number of rotatable bonds is 2. The predicted molar refractivity (Wildman–Crippen MR) is 80.7 cm³/mol. The number of aryl methyl sites for hydroxylation is 1. The van der Waals surface area contributed by atoms with Crippen LogP contribution in [-0.2, 0) is 0 Å². The Morgan fingerprint density at radius 1 is 1.57 bits per heavy atom. The van der Waals surface area contributed by atoms with Crippen LogP contribution in [0.3, 0.4) is 0 Å². The molecule has 3 rings (SSSR count). The van der Waals surface area contributed by atoms with Gasteiger partial charge in [0.05, 0.1) is 10.8 Å². The Bertz CT molecular complexity index is 896. The van der Waals surface area contributed by atoms with Crippen molar-refractivity contribution in [2.24, 2.45) is 5.73 Å². The predicted octanol–water partition coefficient (Wildman–Crippen LogP) is 2.50. The van der Waals surface area contributed by atoms with Gasteiger partial charge < -0.3 is 10.5 Å². The molecule has 0 fully saturated rings. The molecule has 1 atom stereocenters. The Balaban J connectivity index is 2.29. The van der Waals surface area contributed by atoms with Crippen molar-refractivity contribution in [1.82, 2.24) is 10.2 Å². The minimum absolute atomic E-state index is 0.0981. The van der Waals surface area contributed by atoms with E-state index in [4.69, 9.17) is 22.1 Å². The van der Waals surface area contributed by atoms with E-state index in [1.165, 1.54) is 18.2 Å². The topological polar surface area (TPSA) is 131 Å². The molecule has 23 heavy (non-hydrogen) atoms. The zero-order valence-electron chi connectivity index (χ0n) is 11.8. The van der Waals surface area contributed by atoms with Crippen molar-refractivity contribution < 1.29 is 9.66 Å². The summed E-state index contributed by atoms with van der Waals surface area (Å²) in [7, 11) is 0. The molecule has 0 spiro atoms. The van der Waals surface area contributed by atoms with Crippen molar-refractivity contribution in [2.75, 3.05) is 0 Å². The number of allylic oxidation sites excluding steroid dienone is 1. The summed E-state index contributed by atoms with van der Waals surface area (Å²) in [5.74, 6) is -0.555. The van der Waals surface area contributed by atoms with Crippen LogP contribution in [0.15, 0.2) is 29.7 Å². The molecule has 0 saturated heterocycles. The second-order valence-electron chi connectivity index (χ2n) is 4.96. The minimum Gasteiger partial charge on any atom is -0.420 e. The molecule has 116 valence electrons. The number of nitrogens with zero attached hydrogens (tertiary/aromatic N) is 3. The lowest BCUT2D eigenvalue weighted by atomic mass is 9.84. The normalized spacial score (nSPS) is 16.5. The van der Waals surface area contributed by atoms with Gasteiger partial charge in [0.2, 0.25) is 11.8 Å². The first-order chi connectivity index (χ1) is 10.9. The number of nitrogens with one attached hydrogen (secondary N) is 1. The number of benzene rings is 1. The standard InChI is InChI=1S/C14H10ClN5O3/c1-6-11-12(8-4-7(20(21)22)2-3-10(8)15)9(5-16)13(17)23-14(11)19-18-6/h2-4,12H,17H2,1H3,(H,18,19)/t12-/m1/s1. The van der Waals surface area contributed by atoms with Crippen molar-refractivity contribution in [3.8, 4) is 11.9 Å². The fraction of sp³-hybridized carbons (Fsp3) is 0.143. The average molecular weight is 332 g/mol. The van der Waals surface area contributed by atoms with Crippen molar-refractivity contribution in [2.45, 2.75) is 12.8 Å². The lowest BCUT2D eigenvalue weighted by Crippen LogP contribution is -2.21. The number of fused-ring (bicyclic) bond motifs is 1. The summed E-state index contributed by atoms with van der Waals surface area (Å²) in [5.41, 5.74) is 7.43. The number of nitro benzene ring substituents is 1. The average Bonchev–Trinajstić information content (AvgIpc) is 2.87. The number of nitro groups is 1. The van der Waals surface area contributed by atoms with Crippen LogP contribution in [0.5, 0.6) is 5.88 Å². The molecule has 1 aliphatic heterocycles. The highest BCUT2D eigenvalue weighted by Crippen LogP contribution is 2.45. The van der Waals surface area contributed by atoms with Crippen LogP contribution in [-0.4, -0.2) is 15.1 Å². The fourth-order valence-electron chi connectivity index (χ4n) is 2.58. The molecule has 0 aliphatic carbocycles. The first-order valence-corrected chi connectivity index (χ1v) is 6.88. The van der Waals surface area contributed by atoms with Gasteiger partial charge in [-0.3, -0.25) is 15.2 Å². The Kier molecular flexibility index (Phi) is 3.42. The second kappa shape index (κ2) is 5.30. The fourth-order valence-corrected chi connectivity index (χ4v) is 2.80. The van der Waals surface area contributed by atoms with Gasteiger partial charge in [-0.2, -0.15) is 5.26 Å². The van der Waals surface area contributed by atoms with E-state index in [9.17, 15) is 15.4 Å². The van der Waals surface area contributed by atoms with Crippen LogP contribution >= 0.6 is 11.6 Å². The van der Waals surface area contributed by atoms with Crippen LogP contribution in [0.2, 0.25) is 5.02 Å². The molecule has 3 N–H and O–H groups in total. The summed E-state index contributed by atoms with van der Waals surface area (Å²) in [5, 5.41) is 27.5. The minimum atomic E-state index is -0.685. The van der Waals surface area contributed by atoms with Crippen LogP contribution < -0.4 is 10.5 Å². The summed E-state index contributed by atoms with van der Waals surface area (Å²) in [4.78, 5) is 10.5. The number of nitrogens with two attached hydrogens (primary N) is 1. The van der Waals surface area contributed by atoms with Gasteiger partial charge in [-0.15, -0.1) is 5.10 Å². The molecule has 2 heterocycles. The highest BCUT2D eigenvalue weighted by Gasteiger charge is 2.36. The van der Waals surface area contributed by atoms with Gasteiger partial charge in [-0.05, 0) is 18.6 Å². The summed E-state index contributed by atoms with van der Waals surface area (Å²) >= 11 is 6.22. The van der Waals surface area contributed by atoms with Crippen molar-refractivity contribution in [1.29, 1.82) is 5.26 Å². The second-order valence-corrected chi connectivity index (χ2v) is 5.36. The molecule has 1 aliphatic rings. The smallest absolute Gasteiger partial charge is 0.269 e. The lowest BCUT2D eigenvalue weighted by molar-refractivity contribution is -0.384. The van der Waals surface area contributed by atoms with Gasteiger partial charge in [-0.25, -0.2) is 0 Å². The van der Waals surface area contributed by atoms with E-state index in [1.807, 2.05) is 6.07 Å². The molecule has 0 radical (unpaired) electrons. The quantitative estimate of drug-likeness (QED) is 0.642. The molecule has 1 aromatic carbocycles. The van der Waals surface area contributed by atoms with E-state index in [-0.39, 0.29) is 28.0 Å². The van der Waals surface area contributed by atoms with E-state index in [0.29, 0.717) is 16.8 Å². The third-order valence-corrected chi connectivity index (χ3v) is 3.98. The van der Waals surface area contributed by atoms with Crippen molar-refractivity contribution in [3.05, 3.63) is 61.6 Å². The largest absolute Gasteiger partial charge is 0.420 e. The number of aromatic nitrogens is 2. The van der Waals surface area contributed by atoms with Crippen LogP contribution in [0, 0.1) is 28.4 Å². The maximum absolute atomic E-state index is 11.0. The third kappa shape index (κ3) is 2.27. The summed E-state index contributed by atoms with van der Waals surface area (Å²) in [6.45, 7) is 1.75. The molecular formula is C14H10ClN5O3. The maximum atomic E-state index is 11.0. The molecular weight excluding hydrogens is 322 g/mol. The van der Waals surface area contributed by atoms with Crippen LogP contribution in [0.1, 0.15) is 22.7 Å². The molecule has 0 bridgehead atoms. The van der Waals surface area contributed by atoms with E-state index < -0.39 is 10.8 Å². The van der Waals surface area contributed by atoms with Crippen molar-refractivity contribution in [3.63, 3.8) is 0 Å². The summed E-state index contributed by atoms with van der Waals surface area (Å²) < 4.78 is 5.34. The van der Waals surface area contributed by atoms with Gasteiger partial charge in [-0.1, -0.05) is 11.6 Å². The zero-order valence-corrected chi connectivity index (χ0v) is 12.6. The Morgan fingerprint density at radius 3 is 2.96 bits per heavy atom. The number of ether oxygens (including phenoxy) is 1. The number of hydrogen-bond donors (Lipinski definition) is 2. The van der Waals surface area contributed by atoms with E-state index in [1.54, 1.807) is 6.92 Å². The van der Waals surface area contributed by atoms with Gasteiger partial charge in [0.15, 0.2) is 0 Å². The van der Waals surface area contributed by atoms with Gasteiger partial charge in [0.1, 0.15) is 11.6 Å². The molecule has 0 unspecified atom stereocenters. The summed E-state index contributed by atoms with van der Waals surface area (Å²) in [6.07, 6.45) is 0. The van der Waals surface area contributed by atoms with Gasteiger partial charge >= 0.3 is 0 Å². The molecule has 9 heteroatoms. The molecule has 8 nitrogen and oxygen atoms in total. The number of aromatic amines is 1. The Morgan fingerprint density at radius 2 is 2.30 bits per heavy atom. The number of non-ortho nitro benzene ring substituents is 1. The first-order valence-electron chi connectivity index (χ1n) is 6.50. The highest BCUT2D eigenvalue weighted by atomic mass is 35.5. The number of hydrogen-bond acceptors (Lipinski definition) is 6. The Hall–Kier alpha value is -3.05. The van der Waals surface area contributed by atoms with E-state index in [0.717, 1.165) is 0 Å². The number of halogens is 1. The number of H-pyrrole nitrogens is 1. The van der Waals surface area contributed by atoms with E-state index >= 15 is 0 Å². The van der Waals surface area contributed by atoms with E-state index in [2.05, 4.69) is 10.2 Å². The zero-order chi connectivity index (χ0) is 16.7. The Labute approximate surface area is 135 Å². The summed E-state index contributed by atoms with van der Waals surface area (Å²) in [6, 6.07) is 6.05. The highest BCUT2D eigenvalue weighted by molar-refractivity contribution is 6.31. The number of nitriles is 1. The molecule has 2 aromatic rings. The van der Waals surface area contributed by atoms with Crippen LogP contribution in [0.25, 0.3) is 0 Å². The molecule has 0 amide bonds. The monoisotopic (exact) mass is 331 g/mol. The van der Waals surface area contributed by atoms with Gasteiger partial charge in [0, 0.05) is 28.4 Å². The molecule has 1 aromatic heterocycles. The SMILES string of the molecule is Cc1[nH]nc2c1[C@H](c1cc([N+](=O)[O-])ccc1Cl)C(C#N)=C(N)O2. The maximum Gasteiger partial charge on any atom is 0.269 e. The van der Waals surface area contributed by atoms with Crippen molar-refractivity contribution >= 4 is 17.3 Å². The third-order valence-electron chi connectivity index (χ3n) is 3.63. The van der Waals surface area contributed by atoms with Gasteiger partial charge in [0.25, 0.3) is 5.69 Å². The lowest BCUT2D eigenvalue weighted by Gasteiger charge is -2.24. The first kappa shape index (κ1) is 14.9. The van der Waals surface area contributed by atoms with Crippen LogP contribution in [0.4, 0.5) is 5.69 Å². The molecule has 0 saturated carbocycles.